The average molecular weight is 192 g/mol. The Labute approximate surface area is 81.6 Å². The normalized spacial score (nSPS) is 10.7. The Kier molecular flexibility index (Phi) is 2.39. The summed E-state index contributed by atoms with van der Waals surface area (Å²) in [5.74, 6) is 5.86. The number of hydrogen-bond acceptors (Lipinski definition) is 3. The van der Waals surface area contributed by atoms with Gasteiger partial charge in [0, 0.05) is 28.7 Å². The molecule has 14 heavy (non-hydrogen) atoms. The lowest BCUT2D eigenvalue weighted by atomic mass is 10.2. The maximum Gasteiger partial charge on any atom is 0.120 e. The smallest absolute Gasteiger partial charge is 0.120 e. The first-order chi connectivity index (χ1) is 6.85. The van der Waals surface area contributed by atoms with Gasteiger partial charge in [0.05, 0.1) is 13.7 Å². The van der Waals surface area contributed by atoms with Gasteiger partial charge in [-0.05, 0) is 12.1 Å². The monoisotopic (exact) mass is 192 g/mol. The first kappa shape index (κ1) is 9.05. The molecular weight excluding hydrogens is 180 g/mol. The third-order valence-electron chi connectivity index (χ3n) is 2.21. The number of benzene rings is 1. The Morgan fingerprint density at radius 1 is 1.43 bits per heavy atom. The first-order valence-corrected chi connectivity index (χ1v) is 4.31. The van der Waals surface area contributed by atoms with Gasteiger partial charge in [-0.15, -0.1) is 0 Å². The van der Waals surface area contributed by atoms with Gasteiger partial charge in [-0.2, -0.15) is 0 Å². The van der Waals surface area contributed by atoms with Crippen molar-refractivity contribution < 1.29 is 9.57 Å². The van der Waals surface area contributed by atoms with Crippen molar-refractivity contribution >= 4 is 10.9 Å². The molecule has 4 nitrogen and oxygen atoms in total. The molecule has 0 bridgehead atoms. The highest BCUT2D eigenvalue weighted by atomic mass is 16.6. The van der Waals surface area contributed by atoms with Crippen molar-refractivity contribution in [3.05, 3.63) is 30.0 Å². The Bertz CT molecular complexity index is 437. The van der Waals surface area contributed by atoms with Crippen molar-refractivity contribution in [2.75, 3.05) is 7.11 Å². The van der Waals surface area contributed by atoms with Crippen LogP contribution in [-0.4, -0.2) is 12.1 Å². The first-order valence-electron chi connectivity index (χ1n) is 4.31. The van der Waals surface area contributed by atoms with Crippen LogP contribution in [0.3, 0.4) is 0 Å². The zero-order chi connectivity index (χ0) is 9.97. The van der Waals surface area contributed by atoms with E-state index in [1.807, 2.05) is 24.4 Å². The van der Waals surface area contributed by atoms with Crippen LogP contribution in [0, 0.1) is 0 Å². The highest BCUT2D eigenvalue weighted by molar-refractivity contribution is 5.84. The van der Waals surface area contributed by atoms with Crippen LogP contribution in [0.4, 0.5) is 0 Å². The molecule has 1 aromatic carbocycles. The van der Waals surface area contributed by atoms with Crippen LogP contribution in [0.1, 0.15) is 5.56 Å². The second-order valence-corrected chi connectivity index (χ2v) is 3.04. The standard InChI is InChI=1S/C10H12N2O2/c1-13-8-2-3-9-7(6-14-11)5-12-10(9)4-8/h2-5,12H,6,11H2,1H3. The van der Waals surface area contributed by atoms with Gasteiger partial charge in [-0.3, -0.25) is 4.84 Å². The van der Waals surface area contributed by atoms with Crippen LogP contribution in [0.25, 0.3) is 10.9 Å². The van der Waals surface area contributed by atoms with E-state index in [1.165, 1.54) is 0 Å². The molecule has 0 amide bonds. The lowest BCUT2D eigenvalue weighted by Gasteiger charge is -1.99. The lowest BCUT2D eigenvalue weighted by Crippen LogP contribution is -1.97. The third-order valence-corrected chi connectivity index (χ3v) is 2.21. The second-order valence-electron chi connectivity index (χ2n) is 3.04. The molecule has 0 aliphatic carbocycles. The number of rotatable bonds is 3. The number of nitrogens with two attached hydrogens (primary N) is 1. The number of aromatic nitrogens is 1. The Balaban J connectivity index is 2.48. The van der Waals surface area contributed by atoms with E-state index in [4.69, 9.17) is 10.6 Å². The van der Waals surface area contributed by atoms with Crippen LogP contribution in [0.2, 0.25) is 0 Å². The molecular formula is C10H12N2O2. The van der Waals surface area contributed by atoms with Gasteiger partial charge in [-0.1, -0.05) is 0 Å². The highest BCUT2D eigenvalue weighted by Crippen LogP contribution is 2.23. The summed E-state index contributed by atoms with van der Waals surface area (Å²) >= 11 is 0. The lowest BCUT2D eigenvalue weighted by molar-refractivity contribution is 0.125. The fourth-order valence-electron chi connectivity index (χ4n) is 1.50. The molecule has 0 aliphatic heterocycles. The van der Waals surface area contributed by atoms with Gasteiger partial charge in [0.1, 0.15) is 5.75 Å². The van der Waals surface area contributed by atoms with Crippen molar-refractivity contribution in [3.63, 3.8) is 0 Å². The molecule has 0 saturated heterocycles. The summed E-state index contributed by atoms with van der Waals surface area (Å²) in [5, 5.41) is 1.11. The van der Waals surface area contributed by atoms with E-state index in [9.17, 15) is 0 Å². The minimum Gasteiger partial charge on any atom is -0.497 e. The van der Waals surface area contributed by atoms with Gasteiger partial charge in [-0.25, -0.2) is 5.90 Å². The molecule has 0 aliphatic rings. The minimum absolute atomic E-state index is 0.409. The minimum atomic E-state index is 0.409. The molecule has 0 saturated carbocycles. The predicted molar refractivity (Wildman–Crippen MR) is 53.8 cm³/mol. The predicted octanol–water partition coefficient (Wildman–Crippen LogP) is 1.57. The third kappa shape index (κ3) is 1.45. The molecule has 1 aromatic heterocycles. The molecule has 4 heteroatoms. The summed E-state index contributed by atoms with van der Waals surface area (Å²) in [7, 11) is 1.65. The maximum absolute atomic E-state index is 5.12. The summed E-state index contributed by atoms with van der Waals surface area (Å²) in [6.45, 7) is 0.409. The molecule has 0 radical (unpaired) electrons. The zero-order valence-electron chi connectivity index (χ0n) is 7.91. The van der Waals surface area contributed by atoms with Gasteiger partial charge in [0.25, 0.3) is 0 Å². The number of nitrogens with one attached hydrogen (secondary N) is 1. The van der Waals surface area contributed by atoms with E-state index >= 15 is 0 Å². The number of H-pyrrole nitrogens is 1. The van der Waals surface area contributed by atoms with Crippen LogP contribution in [0.15, 0.2) is 24.4 Å². The SMILES string of the molecule is COc1ccc2c(CON)c[nH]c2c1. The Hall–Kier alpha value is -1.52. The second kappa shape index (κ2) is 3.69. The van der Waals surface area contributed by atoms with E-state index in [-0.39, 0.29) is 0 Å². The van der Waals surface area contributed by atoms with E-state index in [0.717, 1.165) is 22.2 Å². The fraction of sp³-hybridized carbons (Fsp3) is 0.200. The van der Waals surface area contributed by atoms with Crippen molar-refractivity contribution in [1.29, 1.82) is 0 Å². The summed E-state index contributed by atoms with van der Waals surface area (Å²) in [6, 6.07) is 5.84. The summed E-state index contributed by atoms with van der Waals surface area (Å²) in [6.07, 6.45) is 1.89. The van der Waals surface area contributed by atoms with Gasteiger partial charge in [0.15, 0.2) is 0 Å². The van der Waals surface area contributed by atoms with E-state index in [2.05, 4.69) is 9.82 Å². The van der Waals surface area contributed by atoms with Crippen molar-refractivity contribution in [2.24, 2.45) is 5.90 Å². The molecule has 2 aromatic rings. The number of methoxy groups -OCH3 is 1. The fourth-order valence-corrected chi connectivity index (χ4v) is 1.50. The van der Waals surface area contributed by atoms with Crippen LogP contribution in [0.5, 0.6) is 5.75 Å². The summed E-state index contributed by atoms with van der Waals surface area (Å²) in [4.78, 5) is 7.73. The molecule has 0 fully saturated rings. The average Bonchev–Trinajstić information content (AvgIpc) is 2.61. The maximum atomic E-state index is 5.12. The summed E-state index contributed by atoms with van der Waals surface area (Å²) in [5.41, 5.74) is 2.07. The van der Waals surface area contributed by atoms with Crippen molar-refractivity contribution in [2.45, 2.75) is 6.61 Å². The molecule has 0 unspecified atom stereocenters. The number of hydrogen-bond donors (Lipinski definition) is 2. The molecule has 0 spiro atoms. The van der Waals surface area contributed by atoms with Crippen molar-refractivity contribution in [1.82, 2.24) is 4.98 Å². The topological polar surface area (TPSA) is 60.3 Å². The van der Waals surface area contributed by atoms with E-state index in [0.29, 0.717) is 6.61 Å². The van der Waals surface area contributed by atoms with Gasteiger partial charge >= 0.3 is 0 Å². The summed E-state index contributed by atoms with van der Waals surface area (Å²) < 4.78 is 5.12. The Morgan fingerprint density at radius 3 is 3.00 bits per heavy atom. The largest absolute Gasteiger partial charge is 0.497 e. The molecule has 3 N–H and O–H groups in total. The highest BCUT2D eigenvalue weighted by Gasteiger charge is 2.03. The van der Waals surface area contributed by atoms with Crippen molar-refractivity contribution in [3.8, 4) is 5.75 Å². The van der Waals surface area contributed by atoms with Crippen LogP contribution < -0.4 is 10.6 Å². The molecule has 74 valence electrons. The van der Waals surface area contributed by atoms with E-state index < -0.39 is 0 Å². The van der Waals surface area contributed by atoms with Gasteiger partial charge in [0.2, 0.25) is 0 Å². The van der Waals surface area contributed by atoms with Crippen LogP contribution in [-0.2, 0) is 11.4 Å². The number of aromatic amines is 1. The zero-order valence-corrected chi connectivity index (χ0v) is 7.91. The van der Waals surface area contributed by atoms with Crippen LogP contribution >= 0.6 is 0 Å². The number of ether oxygens (including phenoxy) is 1. The molecule has 0 atom stereocenters. The Morgan fingerprint density at radius 2 is 2.29 bits per heavy atom. The molecule has 2 rings (SSSR count). The van der Waals surface area contributed by atoms with Gasteiger partial charge < -0.3 is 9.72 Å². The van der Waals surface area contributed by atoms with E-state index in [1.54, 1.807) is 7.11 Å². The molecule has 1 heterocycles. The quantitative estimate of drug-likeness (QED) is 0.725. The number of fused-ring (bicyclic) bond motifs is 1.